The Hall–Kier alpha value is -1.76. The Morgan fingerprint density at radius 2 is 1.48 bits per heavy atom. The van der Waals surface area contributed by atoms with E-state index in [9.17, 15) is 0 Å². The highest BCUT2D eigenvalue weighted by atomic mass is 15.2. The van der Waals surface area contributed by atoms with Gasteiger partial charge in [0.15, 0.2) is 0 Å². The second kappa shape index (κ2) is 7.21. The third kappa shape index (κ3) is 2.78. The summed E-state index contributed by atoms with van der Waals surface area (Å²) in [5.41, 5.74) is 7.47. The lowest BCUT2D eigenvalue weighted by Crippen LogP contribution is -2.36. The van der Waals surface area contributed by atoms with Crippen molar-refractivity contribution in [3.8, 4) is 0 Å². The Morgan fingerprint density at radius 3 is 2.22 bits per heavy atom. The van der Waals surface area contributed by atoms with Crippen molar-refractivity contribution in [3.63, 3.8) is 0 Å². The van der Waals surface area contributed by atoms with Gasteiger partial charge in [-0.05, 0) is 35.6 Å². The van der Waals surface area contributed by atoms with Gasteiger partial charge in [-0.2, -0.15) is 0 Å². The Balaban J connectivity index is 0.000000448. The summed E-state index contributed by atoms with van der Waals surface area (Å²) in [6, 6.07) is 15.7. The van der Waals surface area contributed by atoms with Crippen LogP contribution < -0.4 is 4.90 Å². The predicted octanol–water partition coefficient (Wildman–Crippen LogP) is 6.46. The zero-order chi connectivity index (χ0) is 17.0. The zero-order valence-electron chi connectivity index (χ0n) is 15.6. The number of hydrogen-bond acceptors (Lipinski definition) is 1. The van der Waals surface area contributed by atoms with Crippen molar-refractivity contribution in [2.45, 2.75) is 59.8 Å². The van der Waals surface area contributed by atoms with Gasteiger partial charge in [-0.15, -0.1) is 0 Å². The van der Waals surface area contributed by atoms with E-state index in [2.05, 4.69) is 61.2 Å². The molecule has 0 amide bonds. The maximum atomic E-state index is 2.54. The van der Waals surface area contributed by atoms with Crippen LogP contribution in [-0.4, -0.2) is 6.54 Å². The molecule has 0 N–H and O–H groups in total. The molecule has 0 saturated heterocycles. The second-order valence-electron chi connectivity index (χ2n) is 6.21. The maximum Gasteiger partial charge on any atom is 0.0484 e. The Bertz CT molecular complexity index is 655. The molecule has 23 heavy (non-hydrogen) atoms. The van der Waals surface area contributed by atoms with E-state index in [1.807, 2.05) is 27.7 Å². The lowest BCUT2D eigenvalue weighted by atomic mass is 9.72. The average molecular weight is 309 g/mol. The van der Waals surface area contributed by atoms with Crippen molar-refractivity contribution in [2.75, 3.05) is 11.4 Å². The molecule has 0 spiro atoms. The van der Waals surface area contributed by atoms with Crippen LogP contribution in [0.4, 0.5) is 11.4 Å². The van der Waals surface area contributed by atoms with Gasteiger partial charge in [0.25, 0.3) is 0 Å². The minimum absolute atomic E-state index is 0.107. The number of hydrogen-bond donors (Lipinski definition) is 0. The number of anilines is 2. The molecule has 0 atom stereocenters. The number of fused-ring (bicyclic) bond motifs is 2. The molecular formula is C22H31N. The molecule has 0 aromatic heterocycles. The second-order valence-corrected chi connectivity index (χ2v) is 6.21. The van der Waals surface area contributed by atoms with Crippen LogP contribution in [0.3, 0.4) is 0 Å². The minimum Gasteiger partial charge on any atom is -0.341 e. The highest BCUT2D eigenvalue weighted by Gasteiger charge is 2.37. The van der Waals surface area contributed by atoms with E-state index in [0.29, 0.717) is 0 Å². The van der Waals surface area contributed by atoms with Crippen molar-refractivity contribution in [2.24, 2.45) is 0 Å². The smallest absolute Gasteiger partial charge is 0.0484 e. The number of aryl methyl sites for hydroxylation is 1. The fourth-order valence-electron chi connectivity index (χ4n) is 3.78. The SMILES string of the molecule is CC.CC.CC1(C)c2ccccc2N2CCCc3cccc1c32. The van der Waals surface area contributed by atoms with Crippen LogP contribution in [0.15, 0.2) is 42.5 Å². The molecule has 0 saturated carbocycles. The first-order chi connectivity index (χ1) is 11.2. The van der Waals surface area contributed by atoms with Crippen molar-refractivity contribution in [1.29, 1.82) is 0 Å². The van der Waals surface area contributed by atoms with E-state index in [1.165, 1.54) is 40.9 Å². The largest absolute Gasteiger partial charge is 0.341 e. The van der Waals surface area contributed by atoms with Crippen LogP contribution in [0, 0.1) is 0 Å². The monoisotopic (exact) mass is 309 g/mol. The Kier molecular flexibility index (Phi) is 5.51. The lowest BCUT2D eigenvalue weighted by molar-refractivity contribution is 0.610. The van der Waals surface area contributed by atoms with Gasteiger partial charge < -0.3 is 4.90 Å². The van der Waals surface area contributed by atoms with Crippen molar-refractivity contribution in [3.05, 3.63) is 59.2 Å². The Morgan fingerprint density at radius 1 is 0.826 bits per heavy atom. The van der Waals surface area contributed by atoms with E-state index < -0.39 is 0 Å². The zero-order valence-corrected chi connectivity index (χ0v) is 15.6. The molecule has 0 aliphatic carbocycles. The summed E-state index contributed by atoms with van der Waals surface area (Å²) >= 11 is 0. The third-order valence-corrected chi connectivity index (χ3v) is 4.76. The first-order valence-electron chi connectivity index (χ1n) is 9.19. The first-order valence-corrected chi connectivity index (χ1v) is 9.19. The summed E-state index contributed by atoms with van der Waals surface area (Å²) in [5.74, 6) is 0. The topological polar surface area (TPSA) is 3.24 Å². The van der Waals surface area contributed by atoms with Crippen molar-refractivity contribution >= 4 is 11.4 Å². The van der Waals surface area contributed by atoms with Gasteiger partial charge in [-0.25, -0.2) is 0 Å². The molecule has 1 heteroatoms. The molecule has 1 nitrogen and oxygen atoms in total. The number of nitrogens with zero attached hydrogens (tertiary/aromatic N) is 1. The summed E-state index contributed by atoms with van der Waals surface area (Å²) < 4.78 is 0. The van der Waals surface area contributed by atoms with Crippen LogP contribution in [-0.2, 0) is 11.8 Å². The van der Waals surface area contributed by atoms with Gasteiger partial charge in [0, 0.05) is 23.3 Å². The van der Waals surface area contributed by atoms with Crippen LogP contribution >= 0.6 is 0 Å². The van der Waals surface area contributed by atoms with Crippen molar-refractivity contribution < 1.29 is 0 Å². The van der Waals surface area contributed by atoms with Gasteiger partial charge in [0.2, 0.25) is 0 Å². The molecule has 2 aliphatic rings. The molecule has 2 heterocycles. The van der Waals surface area contributed by atoms with E-state index in [4.69, 9.17) is 0 Å². The molecule has 4 rings (SSSR count). The van der Waals surface area contributed by atoms with Crippen LogP contribution in [0.5, 0.6) is 0 Å². The number of benzene rings is 2. The molecule has 0 radical (unpaired) electrons. The van der Waals surface area contributed by atoms with E-state index in [0.717, 1.165) is 6.54 Å². The van der Waals surface area contributed by atoms with Gasteiger partial charge in [-0.1, -0.05) is 77.9 Å². The van der Waals surface area contributed by atoms with E-state index >= 15 is 0 Å². The number of rotatable bonds is 0. The van der Waals surface area contributed by atoms with Gasteiger partial charge in [0.1, 0.15) is 0 Å². The minimum atomic E-state index is 0.107. The molecule has 0 fully saturated rings. The summed E-state index contributed by atoms with van der Waals surface area (Å²) in [6.45, 7) is 13.9. The highest BCUT2D eigenvalue weighted by Crippen LogP contribution is 2.51. The van der Waals surface area contributed by atoms with Crippen LogP contribution in [0.25, 0.3) is 0 Å². The van der Waals surface area contributed by atoms with Crippen LogP contribution in [0.2, 0.25) is 0 Å². The molecule has 0 unspecified atom stereocenters. The average Bonchev–Trinajstić information content (AvgIpc) is 2.63. The highest BCUT2D eigenvalue weighted by molar-refractivity contribution is 5.80. The molecule has 2 aromatic carbocycles. The standard InChI is InChI=1S/C18H19N.2C2H6/c1-18(2)14-9-3-4-11-16(14)19-12-6-8-13-7-5-10-15(18)17(13)19;2*1-2/h3-5,7,9-11H,6,8,12H2,1-2H3;2*1-2H3. The first kappa shape index (κ1) is 17.6. The van der Waals surface area contributed by atoms with E-state index in [-0.39, 0.29) is 5.41 Å². The Labute approximate surface area is 142 Å². The summed E-state index contributed by atoms with van der Waals surface area (Å²) in [4.78, 5) is 2.54. The van der Waals surface area contributed by atoms with Gasteiger partial charge in [0.05, 0.1) is 0 Å². The predicted molar refractivity (Wildman–Crippen MR) is 103 cm³/mol. The lowest BCUT2D eigenvalue weighted by Gasteiger charge is -2.45. The third-order valence-electron chi connectivity index (χ3n) is 4.76. The van der Waals surface area contributed by atoms with Crippen LogP contribution in [0.1, 0.15) is 64.7 Å². The fraction of sp³-hybridized carbons (Fsp3) is 0.455. The molecular weight excluding hydrogens is 278 g/mol. The maximum absolute atomic E-state index is 2.54. The molecule has 2 aromatic rings. The quantitative estimate of drug-likeness (QED) is 0.539. The number of para-hydroxylation sites is 2. The van der Waals surface area contributed by atoms with Crippen molar-refractivity contribution in [1.82, 2.24) is 0 Å². The van der Waals surface area contributed by atoms with Gasteiger partial charge in [-0.3, -0.25) is 0 Å². The molecule has 2 aliphatic heterocycles. The molecule has 124 valence electrons. The fourth-order valence-corrected chi connectivity index (χ4v) is 3.78. The van der Waals surface area contributed by atoms with E-state index in [1.54, 1.807) is 0 Å². The normalized spacial score (nSPS) is 16.0. The van der Waals surface area contributed by atoms with Gasteiger partial charge >= 0.3 is 0 Å². The molecule has 0 bridgehead atoms. The summed E-state index contributed by atoms with van der Waals surface area (Å²) in [5, 5.41) is 0. The summed E-state index contributed by atoms with van der Waals surface area (Å²) in [7, 11) is 0. The summed E-state index contributed by atoms with van der Waals surface area (Å²) in [6.07, 6.45) is 2.48.